The molecule has 0 aromatic heterocycles. The van der Waals surface area contributed by atoms with Gasteiger partial charge in [0, 0.05) is 18.4 Å². The number of halogens is 18. The summed E-state index contributed by atoms with van der Waals surface area (Å²) in [6, 6.07) is 0. The van der Waals surface area contributed by atoms with Crippen molar-refractivity contribution >= 4 is 11.9 Å². The number of carboxylic acids is 2. The highest BCUT2D eigenvalue weighted by molar-refractivity contribution is 5.92. The van der Waals surface area contributed by atoms with Crippen molar-refractivity contribution < 1.29 is 98.8 Å². The molecule has 0 bridgehead atoms. The van der Waals surface area contributed by atoms with Crippen LogP contribution in [0.25, 0.3) is 0 Å². The number of alkyl halides is 18. The molecule has 230 valence electrons. The van der Waals surface area contributed by atoms with E-state index in [0.717, 1.165) is 0 Å². The van der Waals surface area contributed by atoms with E-state index in [9.17, 15) is 88.6 Å². The van der Waals surface area contributed by atoms with E-state index in [1.165, 1.54) is 0 Å². The Morgan fingerprint density at radius 1 is 0.487 bits per heavy atom. The molecule has 0 aliphatic rings. The first-order valence-electron chi connectivity index (χ1n) is 9.38. The Morgan fingerprint density at radius 2 is 0.769 bits per heavy atom. The van der Waals surface area contributed by atoms with Crippen LogP contribution in [0.2, 0.25) is 0 Å². The van der Waals surface area contributed by atoms with Gasteiger partial charge in [-0.1, -0.05) is 5.57 Å². The fourth-order valence-electron chi connectivity index (χ4n) is 2.67. The SMILES string of the molecule is O=C(O)CC(C(=O)O)=C(CCC(F)(F)C(F)(F)C(F)(F)C(F)(F)F)CCC(F)(F)C(F)(F)C(F)(F)C(F)(F)F. The van der Waals surface area contributed by atoms with Crippen molar-refractivity contribution in [2.24, 2.45) is 0 Å². The maximum atomic E-state index is 13.8. The molecular formula is C17H12F18O4. The van der Waals surface area contributed by atoms with Crippen molar-refractivity contribution in [2.45, 2.75) is 80.0 Å². The molecule has 0 fully saturated rings. The van der Waals surface area contributed by atoms with Gasteiger partial charge in [-0.25, -0.2) is 4.79 Å². The third-order valence-corrected chi connectivity index (χ3v) is 4.91. The molecule has 0 radical (unpaired) electrons. The topological polar surface area (TPSA) is 74.6 Å². The quantitative estimate of drug-likeness (QED) is 0.167. The summed E-state index contributed by atoms with van der Waals surface area (Å²) in [5, 5.41) is 17.5. The van der Waals surface area contributed by atoms with Crippen molar-refractivity contribution in [3.63, 3.8) is 0 Å². The van der Waals surface area contributed by atoms with Crippen LogP contribution in [-0.4, -0.2) is 70.0 Å². The second-order valence-corrected chi connectivity index (χ2v) is 7.66. The van der Waals surface area contributed by atoms with Gasteiger partial charge in [-0.05, 0) is 12.8 Å². The molecule has 39 heavy (non-hydrogen) atoms. The zero-order chi connectivity index (χ0) is 31.8. The summed E-state index contributed by atoms with van der Waals surface area (Å²) in [7, 11) is 0. The average molecular weight is 622 g/mol. The summed E-state index contributed by atoms with van der Waals surface area (Å²) in [5.41, 5.74) is -3.80. The first kappa shape index (κ1) is 36.4. The summed E-state index contributed by atoms with van der Waals surface area (Å²) in [5.74, 6) is -47.6. The molecule has 0 saturated carbocycles. The standard InChI is InChI=1S/C17H12F18O4/c18-10(19,12(22,23)14(26,27)16(30,31)32)3-1-6(7(9(38)39)5-8(36)37)2-4-11(20,21)13(24,25)15(28,29)17(33,34)35/h1-5H2,(H,36,37)(H,38,39). The molecule has 0 unspecified atom stereocenters. The smallest absolute Gasteiger partial charge is 0.460 e. The third kappa shape index (κ3) is 6.95. The molecular weight excluding hydrogens is 610 g/mol. The highest BCUT2D eigenvalue weighted by Crippen LogP contribution is 2.56. The van der Waals surface area contributed by atoms with Crippen molar-refractivity contribution in [1.82, 2.24) is 0 Å². The summed E-state index contributed by atoms with van der Waals surface area (Å²) in [6.45, 7) is 0. The largest absolute Gasteiger partial charge is 0.481 e. The minimum atomic E-state index is -7.48. The van der Waals surface area contributed by atoms with Crippen LogP contribution in [0.1, 0.15) is 32.1 Å². The first-order valence-corrected chi connectivity index (χ1v) is 9.38. The van der Waals surface area contributed by atoms with Gasteiger partial charge in [0.25, 0.3) is 0 Å². The number of hydrogen-bond donors (Lipinski definition) is 2. The molecule has 2 N–H and O–H groups in total. The van der Waals surface area contributed by atoms with Crippen LogP contribution < -0.4 is 0 Å². The fraction of sp³-hybridized carbons (Fsp3) is 0.765. The highest BCUT2D eigenvalue weighted by Gasteiger charge is 2.82. The Hall–Kier alpha value is -2.58. The Bertz CT molecular complexity index is 888. The third-order valence-electron chi connectivity index (χ3n) is 4.91. The number of carboxylic acid groups (broad SMARTS) is 2. The van der Waals surface area contributed by atoms with Gasteiger partial charge in [-0.2, -0.15) is 79.0 Å². The molecule has 0 aliphatic carbocycles. The van der Waals surface area contributed by atoms with E-state index >= 15 is 0 Å². The second kappa shape index (κ2) is 10.8. The number of hydrogen-bond acceptors (Lipinski definition) is 2. The van der Waals surface area contributed by atoms with E-state index in [0.29, 0.717) is 0 Å². The van der Waals surface area contributed by atoms with Crippen LogP contribution in [0.4, 0.5) is 79.0 Å². The number of aliphatic carboxylic acids is 2. The van der Waals surface area contributed by atoms with Crippen molar-refractivity contribution in [1.29, 1.82) is 0 Å². The van der Waals surface area contributed by atoms with Crippen molar-refractivity contribution in [3.8, 4) is 0 Å². The predicted octanol–water partition coefficient (Wildman–Crippen LogP) is 7.34. The molecule has 22 heteroatoms. The minimum absolute atomic E-state index is 1.89. The van der Waals surface area contributed by atoms with Gasteiger partial charge in [-0.15, -0.1) is 0 Å². The zero-order valence-corrected chi connectivity index (χ0v) is 18.0. The van der Waals surface area contributed by atoms with Gasteiger partial charge >= 0.3 is 59.8 Å². The van der Waals surface area contributed by atoms with Crippen molar-refractivity contribution in [2.75, 3.05) is 0 Å². The summed E-state index contributed by atoms with van der Waals surface area (Å²) >= 11 is 0. The lowest BCUT2D eigenvalue weighted by Gasteiger charge is -2.34. The Balaban J connectivity index is 6.53. The Kier molecular flexibility index (Phi) is 10.1. The van der Waals surface area contributed by atoms with Crippen LogP contribution in [0.5, 0.6) is 0 Å². The van der Waals surface area contributed by atoms with Gasteiger partial charge in [0.1, 0.15) is 0 Å². The summed E-state index contributed by atoms with van der Waals surface area (Å²) in [4.78, 5) is 21.9. The molecule has 0 amide bonds. The Labute approximate surface area is 203 Å². The van der Waals surface area contributed by atoms with Gasteiger partial charge in [-0.3, -0.25) is 4.79 Å². The monoisotopic (exact) mass is 622 g/mol. The molecule has 0 aliphatic heterocycles. The number of allylic oxidation sites excluding steroid dienone is 1. The van der Waals surface area contributed by atoms with Crippen LogP contribution in [0.15, 0.2) is 11.1 Å². The van der Waals surface area contributed by atoms with Crippen LogP contribution in [-0.2, 0) is 9.59 Å². The molecule has 0 aromatic carbocycles. The zero-order valence-electron chi connectivity index (χ0n) is 18.0. The second-order valence-electron chi connectivity index (χ2n) is 7.66. The predicted molar refractivity (Wildman–Crippen MR) is 87.2 cm³/mol. The first-order chi connectivity index (χ1) is 16.8. The summed E-state index contributed by atoms with van der Waals surface area (Å²) < 4.78 is 233. The molecule has 0 saturated heterocycles. The molecule has 0 spiro atoms. The van der Waals surface area contributed by atoms with Crippen LogP contribution in [0, 0.1) is 0 Å². The van der Waals surface area contributed by atoms with Gasteiger partial charge in [0.05, 0.1) is 6.42 Å². The normalized spacial score (nSPS) is 14.8. The number of rotatable bonds is 13. The molecule has 0 rings (SSSR count). The molecule has 0 aromatic rings. The number of carbonyl (C=O) groups is 2. The lowest BCUT2D eigenvalue weighted by molar-refractivity contribution is -0.397. The lowest BCUT2D eigenvalue weighted by atomic mass is 9.89. The maximum absolute atomic E-state index is 13.8. The van der Waals surface area contributed by atoms with E-state index in [2.05, 4.69) is 0 Å². The molecule has 0 heterocycles. The van der Waals surface area contributed by atoms with E-state index < -0.39 is 103 Å². The van der Waals surface area contributed by atoms with Gasteiger partial charge < -0.3 is 10.2 Å². The van der Waals surface area contributed by atoms with Crippen molar-refractivity contribution in [3.05, 3.63) is 11.1 Å². The molecule has 4 nitrogen and oxygen atoms in total. The highest BCUT2D eigenvalue weighted by atomic mass is 19.4. The van der Waals surface area contributed by atoms with E-state index in [-0.39, 0.29) is 0 Å². The minimum Gasteiger partial charge on any atom is -0.481 e. The maximum Gasteiger partial charge on any atom is 0.460 e. The fourth-order valence-corrected chi connectivity index (χ4v) is 2.67. The lowest BCUT2D eigenvalue weighted by Crippen LogP contribution is -2.61. The van der Waals surface area contributed by atoms with E-state index in [1.54, 1.807) is 0 Å². The van der Waals surface area contributed by atoms with Crippen LogP contribution >= 0.6 is 0 Å². The van der Waals surface area contributed by atoms with E-state index in [4.69, 9.17) is 10.2 Å². The molecule has 0 atom stereocenters. The van der Waals surface area contributed by atoms with Gasteiger partial charge in [0.2, 0.25) is 0 Å². The van der Waals surface area contributed by atoms with Gasteiger partial charge in [0.15, 0.2) is 0 Å². The summed E-state index contributed by atoms with van der Waals surface area (Å²) in [6.07, 6.45) is -27.3. The van der Waals surface area contributed by atoms with Crippen LogP contribution in [0.3, 0.4) is 0 Å². The average Bonchev–Trinajstić information content (AvgIpc) is 2.69. The Morgan fingerprint density at radius 3 is 0.974 bits per heavy atom. The van der Waals surface area contributed by atoms with E-state index in [1.807, 2.05) is 0 Å².